The highest BCUT2D eigenvalue weighted by Crippen LogP contribution is 2.21. The highest BCUT2D eigenvalue weighted by Gasteiger charge is 2.12. The van der Waals surface area contributed by atoms with Gasteiger partial charge in [0.1, 0.15) is 5.69 Å². The van der Waals surface area contributed by atoms with Crippen molar-refractivity contribution in [3.05, 3.63) is 34.2 Å². The predicted octanol–water partition coefficient (Wildman–Crippen LogP) is 2.09. The average molecular weight is 165 g/mol. The minimum Gasteiger partial charge on any atom is -0.478 e. The van der Waals surface area contributed by atoms with Gasteiger partial charge in [0.05, 0.1) is 5.56 Å². The molecule has 0 spiro atoms. The maximum absolute atomic E-state index is 10.6. The molecule has 0 aliphatic rings. The molecule has 0 fully saturated rings. The molecule has 4 nitrogen and oxygen atoms in total. The molecule has 12 heavy (non-hydrogen) atoms. The Morgan fingerprint density at radius 2 is 2.17 bits per heavy atom. The topological polar surface area (TPSA) is 66.7 Å². The maximum atomic E-state index is 10.6. The number of nitrogens with zero attached hydrogens (tertiary/aromatic N) is 1. The number of nitroso groups, excluding NO2 is 1. The van der Waals surface area contributed by atoms with Crippen LogP contribution in [0.5, 0.6) is 0 Å². The van der Waals surface area contributed by atoms with E-state index in [1.165, 1.54) is 6.07 Å². The zero-order chi connectivity index (χ0) is 9.14. The maximum Gasteiger partial charge on any atom is 0.338 e. The van der Waals surface area contributed by atoms with Gasteiger partial charge in [-0.2, -0.15) is 0 Å². The van der Waals surface area contributed by atoms with Crippen molar-refractivity contribution in [3.8, 4) is 0 Å². The molecule has 0 aromatic heterocycles. The number of hydrogen-bond acceptors (Lipinski definition) is 3. The summed E-state index contributed by atoms with van der Waals surface area (Å²) in [6, 6.07) is 4.60. The van der Waals surface area contributed by atoms with Gasteiger partial charge in [-0.15, -0.1) is 4.91 Å². The first kappa shape index (κ1) is 8.39. The molecule has 0 radical (unpaired) electrons. The van der Waals surface area contributed by atoms with Crippen molar-refractivity contribution < 1.29 is 9.90 Å². The number of hydrogen-bond donors (Lipinski definition) is 1. The van der Waals surface area contributed by atoms with E-state index >= 15 is 0 Å². The van der Waals surface area contributed by atoms with Gasteiger partial charge in [0.15, 0.2) is 0 Å². The Kier molecular flexibility index (Phi) is 2.19. The average Bonchev–Trinajstić information content (AvgIpc) is 2.03. The van der Waals surface area contributed by atoms with Gasteiger partial charge in [-0.3, -0.25) is 0 Å². The first-order valence-electron chi connectivity index (χ1n) is 3.33. The molecule has 0 atom stereocenters. The van der Waals surface area contributed by atoms with Gasteiger partial charge >= 0.3 is 5.97 Å². The van der Waals surface area contributed by atoms with Crippen LogP contribution in [0, 0.1) is 11.8 Å². The first-order chi connectivity index (χ1) is 5.66. The Bertz CT molecular complexity index is 333. The van der Waals surface area contributed by atoms with Crippen molar-refractivity contribution in [1.29, 1.82) is 0 Å². The molecule has 0 saturated carbocycles. The second-order valence-corrected chi connectivity index (χ2v) is 2.37. The quantitative estimate of drug-likeness (QED) is 0.682. The van der Waals surface area contributed by atoms with E-state index < -0.39 is 5.97 Å². The largest absolute Gasteiger partial charge is 0.478 e. The second kappa shape index (κ2) is 3.13. The van der Waals surface area contributed by atoms with Gasteiger partial charge in [-0.1, -0.05) is 12.1 Å². The smallest absolute Gasteiger partial charge is 0.338 e. The lowest BCUT2D eigenvalue weighted by Gasteiger charge is -2.00. The van der Waals surface area contributed by atoms with Crippen LogP contribution in [0.3, 0.4) is 0 Å². The van der Waals surface area contributed by atoms with Crippen molar-refractivity contribution in [2.45, 2.75) is 6.92 Å². The molecule has 0 unspecified atom stereocenters. The molecule has 0 aliphatic heterocycles. The fourth-order valence-corrected chi connectivity index (χ4v) is 1.01. The van der Waals surface area contributed by atoms with Crippen molar-refractivity contribution in [2.24, 2.45) is 5.18 Å². The molecule has 0 bridgehead atoms. The standard InChI is InChI=1S/C8H7NO3/c1-5-3-2-4-6(9-12)7(5)8(10)11/h2-4H,1H3,(H,10,11). The van der Waals surface area contributed by atoms with E-state index in [9.17, 15) is 9.70 Å². The number of aryl methyl sites for hydroxylation is 1. The van der Waals surface area contributed by atoms with Crippen molar-refractivity contribution >= 4 is 11.7 Å². The molecule has 0 amide bonds. The summed E-state index contributed by atoms with van der Waals surface area (Å²) in [6.45, 7) is 1.62. The van der Waals surface area contributed by atoms with E-state index in [1.54, 1.807) is 19.1 Å². The highest BCUT2D eigenvalue weighted by molar-refractivity contribution is 5.94. The van der Waals surface area contributed by atoms with Crippen LogP contribution in [-0.4, -0.2) is 11.1 Å². The molecular formula is C8H7NO3. The fraction of sp³-hybridized carbons (Fsp3) is 0.125. The van der Waals surface area contributed by atoms with E-state index in [1.807, 2.05) is 0 Å². The normalized spacial score (nSPS) is 9.42. The Morgan fingerprint density at radius 3 is 2.58 bits per heavy atom. The fourth-order valence-electron chi connectivity index (χ4n) is 1.01. The number of carboxylic acid groups (broad SMARTS) is 1. The Labute approximate surface area is 68.8 Å². The van der Waals surface area contributed by atoms with Crippen LogP contribution in [0.25, 0.3) is 0 Å². The summed E-state index contributed by atoms with van der Waals surface area (Å²) in [5.41, 5.74) is 0.495. The zero-order valence-corrected chi connectivity index (χ0v) is 6.44. The van der Waals surface area contributed by atoms with Crippen LogP contribution in [0.15, 0.2) is 23.4 Å². The molecule has 1 N–H and O–H groups in total. The lowest BCUT2D eigenvalue weighted by atomic mass is 10.1. The second-order valence-electron chi connectivity index (χ2n) is 2.37. The van der Waals surface area contributed by atoms with Gasteiger partial charge in [-0.25, -0.2) is 4.79 Å². The van der Waals surface area contributed by atoms with E-state index in [2.05, 4.69) is 5.18 Å². The monoisotopic (exact) mass is 165 g/mol. The van der Waals surface area contributed by atoms with E-state index in [4.69, 9.17) is 5.11 Å². The third-order valence-corrected chi connectivity index (χ3v) is 1.56. The summed E-state index contributed by atoms with van der Waals surface area (Å²) in [6.07, 6.45) is 0. The van der Waals surface area contributed by atoms with Crippen LogP contribution in [0.4, 0.5) is 5.69 Å². The van der Waals surface area contributed by atoms with Gasteiger partial charge in [0, 0.05) is 0 Å². The molecule has 0 aliphatic carbocycles. The summed E-state index contributed by atoms with van der Waals surface area (Å²) >= 11 is 0. The first-order valence-corrected chi connectivity index (χ1v) is 3.33. The lowest BCUT2D eigenvalue weighted by molar-refractivity contribution is 0.0697. The SMILES string of the molecule is Cc1cccc(N=O)c1C(=O)O. The Balaban J connectivity index is 3.39. The minimum absolute atomic E-state index is 0.0208. The number of rotatable bonds is 2. The molecule has 0 saturated heterocycles. The van der Waals surface area contributed by atoms with E-state index in [0.29, 0.717) is 5.56 Å². The van der Waals surface area contributed by atoms with Crippen molar-refractivity contribution in [2.75, 3.05) is 0 Å². The van der Waals surface area contributed by atoms with Gasteiger partial charge in [0.2, 0.25) is 0 Å². The van der Waals surface area contributed by atoms with E-state index in [0.717, 1.165) is 0 Å². The van der Waals surface area contributed by atoms with E-state index in [-0.39, 0.29) is 11.3 Å². The van der Waals surface area contributed by atoms with Gasteiger partial charge in [0.25, 0.3) is 0 Å². The predicted molar refractivity (Wildman–Crippen MR) is 43.6 cm³/mol. The third-order valence-electron chi connectivity index (χ3n) is 1.56. The van der Waals surface area contributed by atoms with Gasteiger partial charge < -0.3 is 5.11 Å². The number of carboxylic acids is 1. The number of aromatic carboxylic acids is 1. The molecule has 62 valence electrons. The van der Waals surface area contributed by atoms with Crippen LogP contribution in [0.2, 0.25) is 0 Å². The number of benzene rings is 1. The molecule has 0 heterocycles. The molecular weight excluding hydrogens is 158 g/mol. The molecule has 4 heteroatoms. The molecule has 1 aromatic rings. The molecule has 1 rings (SSSR count). The summed E-state index contributed by atoms with van der Waals surface area (Å²) < 4.78 is 0. The Morgan fingerprint density at radius 1 is 1.50 bits per heavy atom. The summed E-state index contributed by atoms with van der Waals surface area (Å²) in [4.78, 5) is 20.8. The van der Waals surface area contributed by atoms with Crippen LogP contribution in [-0.2, 0) is 0 Å². The van der Waals surface area contributed by atoms with Crippen LogP contribution in [0.1, 0.15) is 15.9 Å². The zero-order valence-electron chi connectivity index (χ0n) is 6.44. The lowest BCUT2D eigenvalue weighted by Crippen LogP contribution is -1.99. The van der Waals surface area contributed by atoms with Crippen molar-refractivity contribution in [1.82, 2.24) is 0 Å². The summed E-state index contributed by atoms with van der Waals surface area (Å²) in [5, 5.41) is 11.3. The Hall–Kier alpha value is -1.71. The minimum atomic E-state index is -1.12. The van der Waals surface area contributed by atoms with Crippen LogP contribution < -0.4 is 0 Å². The summed E-state index contributed by atoms with van der Waals surface area (Å²) in [7, 11) is 0. The summed E-state index contributed by atoms with van der Waals surface area (Å²) in [5.74, 6) is -1.12. The van der Waals surface area contributed by atoms with Crippen molar-refractivity contribution in [3.63, 3.8) is 0 Å². The van der Waals surface area contributed by atoms with Gasteiger partial charge in [-0.05, 0) is 23.7 Å². The third kappa shape index (κ3) is 1.32. The number of carbonyl (C=O) groups is 1. The highest BCUT2D eigenvalue weighted by atomic mass is 16.4. The van der Waals surface area contributed by atoms with Crippen LogP contribution >= 0.6 is 0 Å². The molecule has 1 aromatic carbocycles.